The zero-order chi connectivity index (χ0) is 15.2. The Morgan fingerprint density at radius 2 is 2.04 bits per heavy atom. The molecule has 1 saturated carbocycles. The van der Waals surface area contributed by atoms with Crippen molar-refractivity contribution in [3.63, 3.8) is 0 Å². The van der Waals surface area contributed by atoms with Crippen molar-refractivity contribution in [2.75, 3.05) is 6.79 Å². The number of hydrogen-bond acceptors (Lipinski definition) is 5. The van der Waals surface area contributed by atoms with Crippen LogP contribution in [-0.4, -0.2) is 17.8 Å². The van der Waals surface area contributed by atoms with Crippen molar-refractivity contribution >= 4 is 22.2 Å². The Morgan fingerprint density at radius 3 is 2.83 bits per heavy atom. The minimum absolute atomic E-state index is 0.291. The van der Waals surface area contributed by atoms with Gasteiger partial charge in [0.15, 0.2) is 11.5 Å². The van der Waals surface area contributed by atoms with Crippen LogP contribution < -0.4 is 14.8 Å². The molecular formula is C18H16N2O2S. The standard InChI is InChI=1S/C18H16N2O2S/c1-2-14(1)19-8-13-5-12-6-16-17(22-10-21-16)7-15(12)20-18(13)11-3-4-23-9-11/h3-7,9,14,19H,1-2,8,10H2. The van der Waals surface area contributed by atoms with Gasteiger partial charge in [-0.25, -0.2) is 4.98 Å². The third-order valence-electron chi connectivity index (χ3n) is 4.34. The quantitative estimate of drug-likeness (QED) is 0.789. The van der Waals surface area contributed by atoms with E-state index in [4.69, 9.17) is 14.5 Å². The molecule has 1 N–H and O–H groups in total. The Balaban J connectivity index is 1.65. The lowest BCUT2D eigenvalue weighted by molar-refractivity contribution is 0.174. The van der Waals surface area contributed by atoms with Crippen molar-refractivity contribution in [2.45, 2.75) is 25.4 Å². The first kappa shape index (κ1) is 13.3. The van der Waals surface area contributed by atoms with Gasteiger partial charge in [0.25, 0.3) is 0 Å². The van der Waals surface area contributed by atoms with Crippen LogP contribution in [0.5, 0.6) is 11.5 Å². The molecule has 1 aliphatic heterocycles. The summed E-state index contributed by atoms with van der Waals surface area (Å²) < 4.78 is 11.0. The van der Waals surface area contributed by atoms with E-state index >= 15 is 0 Å². The van der Waals surface area contributed by atoms with Crippen molar-refractivity contribution in [3.8, 4) is 22.8 Å². The van der Waals surface area contributed by atoms with Gasteiger partial charge in [-0.05, 0) is 42.0 Å². The lowest BCUT2D eigenvalue weighted by Gasteiger charge is -2.11. The molecule has 5 heteroatoms. The average Bonchev–Trinajstić information content (AvgIpc) is 3.05. The molecule has 0 atom stereocenters. The van der Waals surface area contributed by atoms with Gasteiger partial charge in [-0.1, -0.05) is 0 Å². The second-order valence-corrected chi connectivity index (χ2v) is 6.84. The van der Waals surface area contributed by atoms with Crippen LogP contribution in [0.15, 0.2) is 35.0 Å². The molecule has 5 rings (SSSR count). The van der Waals surface area contributed by atoms with Crippen LogP contribution in [0.1, 0.15) is 18.4 Å². The molecule has 0 unspecified atom stereocenters. The van der Waals surface area contributed by atoms with Gasteiger partial charge >= 0.3 is 0 Å². The number of nitrogens with one attached hydrogen (secondary N) is 1. The molecule has 3 heterocycles. The maximum absolute atomic E-state index is 5.49. The zero-order valence-corrected chi connectivity index (χ0v) is 13.4. The number of aromatic nitrogens is 1. The van der Waals surface area contributed by atoms with Crippen LogP contribution >= 0.6 is 11.3 Å². The van der Waals surface area contributed by atoms with Gasteiger partial charge in [0, 0.05) is 35.0 Å². The van der Waals surface area contributed by atoms with E-state index in [-0.39, 0.29) is 0 Å². The van der Waals surface area contributed by atoms with Crippen molar-refractivity contribution in [1.82, 2.24) is 10.3 Å². The summed E-state index contributed by atoms with van der Waals surface area (Å²) in [6.45, 7) is 1.15. The first-order chi connectivity index (χ1) is 11.4. The van der Waals surface area contributed by atoms with Crippen molar-refractivity contribution in [1.29, 1.82) is 0 Å². The third-order valence-corrected chi connectivity index (χ3v) is 5.02. The van der Waals surface area contributed by atoms with Crippen LogP contribution in [0.25, 0.3) is 22.2 Å². The summed E-state index contributed by atoms with van der Waals surface area (Å²) in [7, 11) is 0. The van der Waals surface area contributed by atoms with Crippen molar-refractivity contribution in [3.05, 3.63) is 40.6 Å². The molecule has 1 fully saturated rings. The Labute approximate surface area is 138 Å². The van der Waals surface area contributed by atoms with Gasteiger partial charge in [0.05, 0.1) is 11.2 Å². The maximum Gasteiger partial charge on any atom is 0.231 e. The Kier molecular flexibility index (Phi) is 3.02. The minimum Gasteiger partial charge on any atom is -0.454 e. The summed E-state index contributed by atoms with van der Waals surface area (Å²) in [4.78, 5) is 4.92. The van der Waals surface area contributed by atoms with Gasteiger partial charge in [0.1, 0.15) is 0 Å². The molecule has 2 aliphatic rings. The summed E-state index contributed by atoms with van der Waals surface area (Å²) in [5.41, 5.74) is 4.43. The SMILES string of the molecule is c1cc(-c2nc3cc4c(cc3cc2CNC2CC2)OCO4)cs1. The number of fused-ring (bicyclic) bond motifs is 2. The molecule has 3 aromatic rings. The van der Waals surface area contributed by atoms with Gasteiger partial charge in [-0.3, -0.25) is 0 Å². The molecule has 0 bridgehead atoms. The molecule has 0 spiro atoms. The molecule has 0 radical (unpaired) electrons. The number of nitrogens with zero attached hydrogens (tertiary/aromatic N) is 1. The number of pyridine rings is 1. The highest BCUT2D eigenvalue weighted by molar-refractivity contribution is 7.08. The van der Waals surface area contributed by atoms with E-state index in [0.29, 0.717) is 12.8 Å². The Bertz CT molecular complexity index is 872. The molecule has 0 amide bonds. The molecule has 2 aromatic heterocycles. The number of benzene rings is 1. The zero-order valence-electron chi connectivity index (χ0n) is 12.5. The van der Waals surface area contributed by atoms with E-state index in [1.807, 2.05) is 12.1 Å². The fraction of sp³-hybridized carbons (Fsp3) is 0.278. The third kappa shape index (κ3) is 2.46. The van der Waals surface area contributed by atoms with E-state index in [1.54, 1.807) is 11.3 Å². The van der Waals surface area contributed by atoms with E-state index in [9.17, 15) is 0 Å². The highest BCUT2D eigenvalue weighted by atomic mass is 32.1. The lowest BCUT2D eigenvalue weighted by atomic mass is 10.0. The van der Waals surface area contributed by atoms with Crippen LogP contribution in [0.4, 0.5) is 0 Å². The molecule has 116 valence electrons. The molecule has 1 aromatic carbocycles. The molecule has 23 heavy (non-hydrogen) atoms. The minimum atomic E-state index is 0.291. The topological polar surface area (TPSA) is 43.4 Å². The first-order valence-electron chi connectivity index (χ1n) is 7.86. The molecule has 1 aliphatic carbocycles. The van der Waals surface area contributed by atoms with Crippen LogP contribution in [0.3, 0.4) is 0 Å². The second-order valence-electron chi connectivity index (χ2n) is 6.06. The van der Waals surface area contributed by atoms with Crippen molar-refractivity contribution < 1.29 is 9.47 Å². The normalized spacial score (nSPS) is 16.2. The predicted octanol–water partition coefficient (Wildman–Crippen LogP) is 3.94. The number of hydrogen-bond donors (Lipinski definition) is 1. The summed E-state index contributed by atoms with van der Waals surface area (Å²) >= 11 is 1.70. The second kappa shape index (κ2) is 5.22. The Hall–Kier alpha value is -2.11. The Morgan fingerprint density at radius 1 is 1.17 bits per heavy atom. The van der Waals surface area contributed by atoms with Gasteiger partial charge in [0.2, 0.25) is 6.79 Å². The fourth-order valence-corrected chi connectivity index (χ4v) is 3.57. The number of ether oxygens (including phenoxy) is 2. The van der Waals surface area contributed by atoms with Gasteiger partial charge in [-0.15, -0.1) is 0 Å². The lowest BCUT2D eigenvalue weighted by Crippen LogP contribution is -2.16. The van der Waals surface area contributed by atoms with E-state index < -0.39 is 0 Å². The maximum atomic E-state index is 5.49. The largest absolute Gasteiger partial charge is 0.454 e. The van der Waals surface area contributed by atoms with Crippen LogP contribution in [-0.2, 0) is 6.54 Å². The highest BCUT2D eigenvalue weighted by Crippen LogP contribution is 2.37. The molecule has 0 saturated heterocycles. The molecule has 4 nitrogen and oxygen atoms in total. The van der Waals surface area contributed by atoms with Crippen LogP contribution in [0, 0.1) is 0 Å². The average molecular weight is 324 g/mol. The fourth-order valence-electron chi connectivity index (χ4n) is 2.93. The first-order valence-corrected chi connectivity index (χ1v) is 8.80. The van der Waals surface area contributed by atoms with E-state index in [1.165, 1.54) is 24.0 Å². The van der Waals surface area contributed by atoms with Crippen molar-refractivity contribution in [2.24, 2.45) is 0 Å². The monoisotopic (exact) mass is 324 g/mol. The summed E-state index contributed by atoms with van der Waals surface area (Å²) in [5, 5.41) is 8.95. The summed E-state index contributed by atoms with van der Waals surface area (Å²) in [5.74, 6) is 1.59. The summed E-state index contributed by atoms with van der Waals surface area (Å²) in [6.07, 6.45) is 2.57. The number of thiophene rings is 1. The van der Waals surface area contributed by atoms with Gasteiger partial charge in [-0.2, -0.15) is 11.3 Å². The smallest absolute Gasteiger partial charge is 0.231 e. The molecular weight excluding hydrogens is 308 g/mol. The van der Waals surface area contributed by atoms with Gasteiger partial charge < -0.3 is 14.8 Å². The van der Waals surface area contributed by atoms with E-state index in [0.717, 1.165) is 34.6 Å². The summed E-state index contributed by atoms with van der Waals surface area (Å²) in [6, 6.07) is 9.05. The van der Waals surface area contributed by atoms with E-state index in [2.05, 4.69) is 28.2 Å². The van der Waals surface area contributed by atoms with Crippen LogP contribution in [0.2, 0.25) is 0 Å². The highest BCUT2D eigenvalue weighted by Gasteiger charge is 2.22. The number of rotatable bonds is 4. The predicted molar refractivity (Wildman–Crippen MR) is 91.0 cm³/mol.